The third kappa shape index (κ3) is 2.95. The highest BCUT2D eigenvalue weighted by atomic mass is 79.9. The van der Waals surface area contributed by atoms with E-state index in [9.17, 15) is 5.26 Å². The molecule has 0 unspecified atom stereocenters. The minimum atomic E-state index is -1.79. The number of hydrogen-bond acceptors (Lipinski definition) is 2. The second kappa shape index (κ2) is 7.06. The van der Waals surface area contributed by atoms with Crippen LogP contribution in [0.2, 0.25) is 16.6 Å². The molecule has 0 N–H and O–H groups in total. The molecule has 4 heteroatoms. The molecule has 0 radical (unpaired) electrons. The number of thiophene rings is 1. The van der Waals surface area contributed by atoms with Crippen LogP contribution in [0, 0.1) is 11.3 Å². The van der Waals surface area contributed by atoms with Gasteiger partial charge in [0.1, 0.15) is 14.1 Å². The van der Waals surface area contributed by atoms with Gasteiger partial charge in [-0.2, -0.15) is 5.26 Å². The van der Waals surface area contributed by atoms with Gasteiger partial charge in [-0.15, -0.1) is 11.3 Å². The zero-order chi connectivity index (χ0) is 15.5. The lowest BCUT2D eigenvalue weighted by atomic mass is 10.3. The second-order valence-corrected chi connectivity index (χ2v) is 14.5. The molecule has 1 aromatic heterocycles. The Hall–Kier alpha value is -0.373. The second-order valence-electron chi connectivity index (χ2n) is 6.18. The average Bonchev–Trinajstić information content (AvgIpc) is 2.82. The molecule has 0 aromatic carbocycles. The molecule has 0 saturated heterocycles. The van der Waals surface area contributed by atoms with Crippen molar-refractivity contribution in [2.24, 2.45) is 0 Å². The Bertz CT molecular complexity index is 487. The van der Waals surface area contributed by atoms with Gasteiger partial charge >= 0.3 is 0 Å². The molecule has 1 heterocycles. The minimum absolute atomic E-state index is 0.597. The minimum Gasteiger partial charge on any atom is -0.192 e. The lowest BCUT2D eigenvalue weighted by molar-refractivity contribution is 0.832. The number of nitriles is 1. The van der Waals surface area contributed by atoms with Crippen LogP contribution in [0.1, 0.15) is 46.4 Å². The number of allylic oxidation sites excluding steroid dienone is 1. The van der Waals surface area contributed by atoms with E-state index in [1.807, 2.05) is 17.5 Å². The smallest absolute Gasteiger partial charge is 0.105 e. The molecule has 0 aliphatic rings. The van der Waals surface area contributed by atoms with Crippen molar-refractivity contribution in [2.45, 2.75) is 58.2 Å². The van der Waals surface area contributed by atoms with E-state index in [1.54, 1.807) is 11.3 Å². The van der Waals surface area contributed by atoms with Crippen LogP contribution in [0.3, 0.4) is 0 Å². The van der Waals surface area contributed by atoms with E-state index in [-0.39, 0.29) is 0 Å². The highest BCUT2D eigenvalue weighted by Crippen LogP contribution is 2.50. The first-order valence-corrected chi connectivity index (χ1v) is 11.0. The Morgan fingerprint density at radius 1 is 1.15 bits per heavy atom. The Kier molecular flexibility index (Phi) is 6.24. The molecule has 0 atom stereocenters. The van der Waals surface area contributed by atoms with Crippen LogP contribution >= 0.6 is 27.3 Å². The number of hydrogen-bond donors (Lipinski definition) is 0. The summed E-state index contributed by atoms with van der Waals surface area (Å²) in [6, 6.07) is 6.51. The average molecular weight is 370 g/mol. The maximum atomic E-state index is 9.67. The number of rotatable bonds is 5. The fraction of sp³-hybridized carbons (Fsp3) is 0.562. The zero-order valence-electron chi connectivity index (χ0n) is 13.2. The van der Waals surface area contributed by atoms with Crippen molar-refractivity contribution in [3.8, 4) is 6.07 Å². The number of nitrogens with zero attached hydrogens (tertiary/aromatic N) is 1. The van der Waals surface area contributed by atoms with Crippen LogP contribution in [0.25, 0.3) is 5.57 Å². The summed E-state index contributed by atoms with van der Waals surface area (Å²) >= 11 is 5.52. The van der Waals surface area contributed by atoms with E-state index in [4.69, 9.17) is 0 Å². The lowest BCUT2D eigenvalue weighted by Crippen LogP contribution is -2.45. The summed E-state index contributed by atoms with van der Waals surface area (Å²) in [5, 5.41) is 11.7. The molecule has 0 bridgehead atoms. The van der Waals surface area contributed by atoms with E-state index in [0.717, 1.165) is 10.5 Å². The molecule has 0 aliphatic heterocycles. The predicted molar refractivity (Wildman–Crippen MR) is 96.8 cm³/mol. The van der Waals surface area contributed by atoms with Gasteiger partial charge in [0, 0.05) is 8.98 Å². The van der Waals surface area contributed by atoms with Gasteiger partial charge < -0.3 is 0 Å². The van der Waals surface area contributed by atoms with Crippen molar-refractivity contribution >= 4 is 40.9 Å². The van der Waals surface area contributed by atoms with Gasteiger partial charge in [-0.3, -0.25) is 0 Å². The van der Waals surface area contributed by atoms with Crippen LogP contribution in [-0.2, 0) is 0 Å². The third-order valence-corrected chi connectivity index (χ3v) is 14.4. The van der Waals surface area contributed by atoms with Gasteiger partial charge in [0.25, 0.3) is 0 Å². The molecule has 0 aliphatic carbocycles. The quantitative estimate of drug-likeness (QED) is 0.423. The molecule has 1 aromatic rings. The van der Waals surface area contributed by atoms with Crippen LogP contribution < -0.4 is 0 Å². The third-order valence-electron chi connectivity index (χ3n) is 4.35. The van der Waals surface area contributed by atoms with E-state index in [1.165, 1.54) is 4.11 Å². The summed E-state index contributed by atoms with van der Waals surface area (Å²) in [4.78, 5) is 1.08. The molecule has 1 nitrogen and oxygen atoms in total. The summed E-state index contributed by atoms with van der Waals surface area (Å²) in [5.74, 6) is 0. The van der Waals surface area contributed by atoms with Crippen LogP contribution in [-0.4, -0.2) is 8.07 Å². The molecule has 0 amide bonds. The van der Waals surface area contributed by atoms with Gasteiger partial charge in [-0.1, -0.05) is 63.5 Å². The summed E-state index contributed by atoms with van der Waals surface area (Å²) < 4.78 is 1.20. The first-order chi connectivity index (χ1) is 9.29. The molecule has 20 heavy (non-hydrogen) atoms. The molecule has 1 rings (SSSR count). The van der Waals surface area contributed by atoms with Crippen LogP contribution in [0.15, 0.2) is 21.6 Å². The highest BCUT2D eigenvalue weighted by molar-refractivity contribution is 9.12. The van der Waals surface area contributed by atoms with E-state index in [0.29, 0.717) is 16.6 Å². The van der Waals surface area contributed by atoms with Crippen molar-refractivity contribution in [1.82, 2.24) is 0 Å². The molecule has 0 fully saturated rings. The van der Waals surface area contributed by atoms with Gasteiger partial charge in [0.05, 0.1) is 5.57 Å². The van der Waals surface area contributed by atoms with Crippen molar-refractivity contribution in [1.29, 1.82) is 5.26 Å². The van der Waals surface area contributed by atoms with Crippen molar-refractivity contribution in [2.75, 3.05) is 0 Å². The summed E-state index contributed by atoms with van der Waals surface area (Å²) in [6.45, 7) is 13.9. The topological polar surface area (TPSA) is 23.8 Å². The van der Waals surface area contributed by atoms with Gasteiger partial charge in [0.2, 0.25) is 0 Å². The summed E-state index contributed by atoms with van der Waals surface area (Å²) in [7, 11) is -1.79. The largest absolute Gasteiger partial charge is 0.192 e. The normalized spacial score (nSPS) is 13.8. The first-order valence-electron chi connectivity index (χ1n) is 7.14. The van der Waals surface area contributed by atoms with Crippen LogP contribution in [0.5, 0.6) is 0 Å². The van der Waals surface area contributed by atoms with Crippen molar-refractivity contribution < 1.29 is 0 Å². The maximum absolute atomic E-state index is 9.67. The SMILES string of the molecule is CC(C)[Si](/C(Br)=C(\C#N)c1cccs1)(C(C)C)C(C)C. The van der Waals surface area contributed by atoms with Gasteiger partial charge in [-0.25, -0.2) is 0 Å². The predicted octanol–water partition coefficient (Wildman–Crippen LogP) is 6.60. The van der Waals surface area contributed by atoms with E-state index in [2.05, 4.69) is 63.5 Å². The Morgan fingerprint density at radius 2 is 1.65 bits per heavy atom. The zero-order valence-corrected chi connectivity index (χ0v) is 16.6. The summed E-state index contributed by atoms with van der Waals surface area (Å²) in [5.41, 5.74) is 2.64. The van der Waals surface area contributed by atoms with Gasteiger partial charge in [-0.05, 0) is 28.1 Å². The molecule has 0 spiro atoms. The standard InChI is InChI=1S/C16H24BrNSSi/c1-11(2)20(12(3)4,13(5)6)16(17)14(10-18)15-8-7-9-19-15/h7-9,11-13H,1-6H3/b16-14+. The van der Waals surface area contributed by atoms with Gasteiger partial charge in [0.15, 0.2) is 0 Å². The van der Waals surface area contributed by atoms with E-state index >= 15 is 0 Å². The lowest BCUT2D eigenvalue weighted by Gasteiger charge is -2.43. The monoisotopic (exact) mass is 369 g/mol. The highest BCUT2D eigenvalue weighted by Gasteiger charge is 2.46. The van der Waals surface area contributed by atoms with Crippen molar-refractivity contribution in [3.63, 3.8) is 0 Å². The molecule has 110 valence electrons. The Balaban J connectivity index is 3.59. The van der Waals surface area contributed by atoms with E-state index < -0.39 is 8.07 Å². The summed E-state index contributed by atoms with van der Waals surface area (Å²) in [6.07, 6.45) is 0. The Labute approximate surface area is 136 Å². The molecule has 0 saturated carbocycles. The maximum Gasteiger partial charge on any atom is 0.105 e. The fourth-order valence-electron chi connectivity index (χ4n) is 3.61. The van der Waals surface area contributed by atoms with Crippen LogP contribution in [0.4, 0.5) is 0 Å². The number of halogens is 1. The molecular formula is C16H24BrNSSi. The fourth-order valence-corrected chi connectivity index (χ4v) is 15.1. The first kappa shape index (κ1) is 17.7. The van der Waals surface area contributed by atoms with Crippen molar-refractivity contribution in [3.05, 3.63) is 26.5 Å². The Morgan fingerprint density at radius 3 is 1.95 bits per heavy atom. The molecular weight excluding hydrogens is 346 g/mol.